The molecule has 0 spiro atoms. The van der Waals surface area contributed by atoms with Gasteiger partial charge < -0.3 is 4.89 Å². The maximum atomic E-state index is 11.0. The monoisotopic (exact) mass is 237 g/mol. The van der Waals surface area contributed by atoms with Gasteiger partial charge in [0, 0.05) is 0 Å². The molecule has 7 heteroatoms. The molecular weight excluding hydrogens is 220 g/mol. The van der Waals surface area contributed by atoms with Gasteiger partial charge in [-0.1, -0.05) is 0 Å². The zero-order valence-electron chi connectivity index (χ0n) is 7.85. The summed E-state index contributed by atoms with van der Waals surface area (Å²) >= 11 is 0. The van der Waals surface area contributed by atoms with Gasteiger partial charge in [-0.2, -0.15) is 0 Å². The molecular formula is C6H17KNO4P. The number of hydrogen-bond donors (Lipinski definition) is 1. The van der Waals surface area contributed by atoms with Crippen LogP contribution in [0.2, 0.25) is 0 Å². The summed E-state index contributed by atoms with van der Waals surface area (Å²) < 4.78 is 20.3. The molecule has 0 aliphatic rings. The molecule has 0 aromatic heterocycles. The van der Waals surface area contributed by atoms with Crippen LogP contribution in [0.3, 0.4) is 0 Å². The van der Waals surface area contributed by atoms with E-state index >= 15 is 0 Å². The summed E-state index contributed by atoms with van der Waals surface area (Å²) in [5.74, 6) is 0. The number of rotatable bonds is 5. The first-order chi connectivity index (χ1) is 5.39. The average molecular weight is 237 g/mol. The van der Waals surface area contributed by atoms with E-state index in [0.29, 0.717) is 0 Å². The van der Waals surface area contributed by atoms with Gasteiger partial charge in [0.15, 0.2) is 0 Å². The molecule has 0 aromatic carbocycles. The quantitative estimate of drug-likeness (QED) is 0.426. The summed E-state index contributed by atoms with van der Waals surface area (Å²) in [6, 6.07) is 0. The van der Waals surface area contributed by atoms with Gasteiger partial charge in [-0.15, -0.1) is 0 Å². The van der Waals surface area contributed by atoms with Crippen molar-refractivity contribution < 1.29 is 18.5 Å². The third-order valence-corrected chi connectivity index (χ3v) is 2.46. The van der Waals surface area contributed by atoms with Crippen LogP contribution in [0.1, 0.15) is 13.8 Å². The predicted octanol–water partition coefficient (Wildman–Crippen LogP) is 0.399. The molecule has 0 rings (SSSR count). The van der Waals surface area contributed by atoms with Crippen LogP contribution < -0.4 is 0 Å². The summed E-state index contributed by atoms with van der Waals surface area (Å²) in [4.78, 5) is 10.7. The van der Waals surface area contributed by atoms with Crippen LogP contribution in [0.4, 0.5) is 0 Å². The van der Waals surface area contributed by atoms with Gasteiger partial charge in [-0.3, -0.25) is 13.9 Å². The van der Waals surface area contributed by atoms with E-state index in [4.69, 9.17) is 9.42 Å². The van der Waals surface area contributed by atoms with Crippen molar-refractivity contribution >= 4 is 59.2 Å². The Kier molecular flexibility index (Phi) is 10.4. The minimum atomic E-state index is -3.84. The van der Waals surface area contributed by atoms with Crippen LogP contribution in [0, 0.1) is 0 Å². The Morgan fingerprint density at radius 2 is 2.00 bits per heavy atom. The molecule has 0 radical (unpaired) electrons. The number of hydrogen-bond acceptors (Lipinski definition) is 4. The molecule has 13 heavy (non-hydrogen) atoms. The van der Waals surface area contributed by atoms with Gasteiger partial charge in [0.05, 0.1) is 6.61 Å². The summed E-state index contributed by atoms with van der Waals surface area (Å²) in [5.41, 5.74) is 0. The molecule has 0 fully saturated rings. The van der Waals surface area contributed by atoms with Crippen molar-refractivity contribution in [3.63, 3.8) is 0 Å². The van der Waals surface area contributed by atoms with E-state index in [1.54, 1.807) is 32.8 Å². The van der Waals surface area contributed by atoms with Crippen molar-refractivity contribution in [1.29, 1.82) is 0 Å². The summed E-state index contributed by atoms with van der Waals surface area (Å²) in [5, 5.41) is 0. The van der Waals surface area contributed by atoms with Crippen LogP contribution in [0.15, 0.2) is 0 Å². The second kappa shape index (κ2) is 7.93. The number of phosphoric ester groups is 1. The maximum absolute atomic E-state index is 11.0. The van der Waals surface area contributed by atoms with E-state index in [1.165, 1.54) is 0 Å². The van der Waals surface area contributed by atoms with E-state index in [0.717, 1.165) is 0 Å². The Labute approximate surface area is 122 Å². The number of nitrogens with zero attached hydrogens (tertiary/aromatic N) is 1. The van der Waals surface area contributed by atoms with Gasteiger partial charge in [-0.25, -0.2) is 4.57 Å². The molecule has 0 aromatic rings. The Bertz CT molecular complexity index is 178. The molecule has 0 saturated carbocycles. The van der Waals surface area contributed by atoms with Crippen molar-refractivity contribution in [2.75, 3.05) is 20.7 Å². The van der Waals surface area contributed by atoms with Crippen LogP contribution in [-0.4, -0.2) is 88.1 Å². The first-order valence-corrected chi connectivity index (χ1v) is 5.20. The molecule has 2 atom stereocenters. The van der Waals surface area contributed by atoms with Crippen molar-refractivity contribution in [1.82, 2.24) is 4.90 Å². The Hall–Kier alpha value is 1.71. The molecule has 0 heterocycles. The van der Waals surface area contributed by atoms with Crippen LogP contribution in [0.5, 0.6) is 0 Å². The van der Waals surface area contributed by atoms with Gasteiger partial charge in [0.25, 0.3) is 0 Å². The molecule has 0 aliphatic carbocycles. The van der Waals surface area contributed by atoms with Crippen molar-refractivity contribution in [2.45, 2.75) is 20.1 Å². The van der Waals surface area contributed by atoms with Gasteiger partial charge >= 0.3 is 59.2 Å². The van der Waals surface area contributed by atoms with Gasteiger partial charge in [0.2, 0.25) is 0 Å². The van der Waals surface area contributed by atoms with E-state index in [-0.39, 0.29) is 58.0 Å². The molecule has 5 nitrogen and oxygen atoms in total. The second-order valence-electron chi connectivity index (χ2n) is 2.55. The van der Waals surface area contributed by atoms with E-state index in [9.17, 15) is 4.57 Å². The van der Waals surface area contributed by atoms with Crippen molar-refractivity contribution in [2.24, 2.45) is 0 Å². The van der Waals surface area contributed by atoms with Crippen LogP contribution in [0.25, 0.3) is 0 Å². The number of phosphoric acid groups is 1. The van der Waals surface area contributed by atoms with E-state index < -0.39 is 14.1 Å². The third kappa shape index (κ3) is 8.68. The Morgan fingerprint density at radius 1 is 1.54 bits per heavy atom. The normalized spacial score (nSPS) is 17.7. The topological polar surface area (TPSA) is 59.0 Å². The third-order valence-electron chi connectivity index (χ3n) is 1.31. The Morgan fingerprint density at radius 3 is 2.31 bits per heavy atom. The minimum absolute atomic E-state index is 0. The SMILES string of the molecule is CCOP(=O)(O)OC(C)N(C)C.[KH]. The molecule has 0 bridgehead atoms. The Balaban J connectivity index is 0. The summed E-state index contributed by atoms with van der Waals surface area (Å²) in [7, 11) is -0.351. The molecule has 76 valence electrons. The van der Waals surface area contributed by atoms with Gasteiger partial charge in [-0.05, 0) is 27.9 Å². The molecule has 1 N–H and O–H groups in total. The van der Waals surface area contributed by atoms with Crippen LogP contribution >= 0.6 is 7.82 Å². The zero-order valence-corrected chi connectivity index (χ0v) is 8.75. The fraction of sp³-hybridized carbons (Fsp3) is 1.00. The molecule has 0 amide bonds. The summed E-state index contributed by atoms with van der Waals surface area (Å²) in [6.45, 7) is 3.46. The first-order valence-electron chi connectivity index (χ1n) is 3.71. The van der Waals surface area contributed by atoms with E-state index in [1.807, 2.05) is 0 Å². The van der Waals surface area contributed by atoms with Gasteiger partial charge in [0.1, 0.15) is 6.23 Å². The average Bonchev–Trinajstić information content (AvgIpc) is 1.85. The molecule has 2 unspecified atom stereocenters. The standard InChI is InChI=1S/C6H16NO4P.K.H/c1-5-10-12(8,9)11-6(2)7(3)4;;/h6H,5H2,1-4H3,(H,8,9);;. The van der Waals surface area contributed by atoms with Crippen molar-refractivity contribution in [3.05, 3.63) is 0 Å². The fourth-order valence-corrected chi connectivity index (χ4v) is 1.44. The second-order valence-corrected chi connectivity index (χ2v) is 3.96. The van der Waals surface area contributed by atoms with Crippen molar-refractivity contribution in [3.8, 4) is 0 Å². The van der Waals surface area contributed by atoms with E-state index in [2.05, 4.69) is 4.52 Å². The molecule has 0 aliphatic heterocycles. The first kappa shape index (κ1) is 17.1. The fourth-order valence-electron chi connectivity index (χ4n) is 0.481. The zero-order chi connectivity index (χ0) is 9.78. The molecule has 0 saturated heterocycles. The van der Waals surface area contributed by atoms with Crippen LogP contribution in [-0.2, 0) is 13.6 Å². The summed E-state index contributed by atoms with van der Waals surface area (Å²) in [6.07, 6.45) is -0.438. The predicted molar refractivity (Wildman–Crippen MR) is 52.8 cm³/mol.